The number of amides is 2. The summed E-state index contributed by atoms with van der Waals surface area (Å²) in [6, 6.07) is 6.78. The van der Waals surface area contributed by atoms with Crippen LogP contribution in [0.3, 0.4) is 0 Å². The summed E-state index contributed by atoms with van der Waals surface area (Å²) in [4.78, 5) is 43.5. The van der Waals surface area contributed by atoms with Crippen molar-refractivity contribution in [3.05, 3.63) is 47.0 Å². The number of aromatic nitrogens is 2. The zero-order valence-corrected chi connectivity index (χ0v) is 17.1. The van der Waals surface area contributed by atoms with E-state index >= 15 is 0 Å². The number of likely N-dealkylation sites (N-methyl/N-ethyl adjacent to an activating group) is 1. The van der Waals surface area contributed by atoms with Crippen LogP contribution < -0.4 is 10.6 Å². The van der Waals surface area contributed by atoms with Crippen molar-refractivity contribution < 1.29 is 14.4 Å². The van der Waals surface area contributed by atoms with Crippen molar-refractivity contribution >= 4 is 23.3 Å². The molecular weight excluding hydrogens is 370 g/mol. The monoisotopic (exact) mass is 397 g/mol. The number of imidazole rings is 1. The number of carbonyl (C=O) groups excluding carboxylic acids is 3. The van der Waals surface area contributed by atoms with Gasteiger partial charge in [-0.1, -0.05) is 12.1 Å². The lowest BCUT2D eigenvalue weighted by atomic mass is 10.1. The summed E-state index contributed by atoms with van der Waals surface area (Å²) in [5.41, 5.74) is 2.11. The van der Waals surface area contributed by atoms with Gasteiger partial charge in [0.05, 0.1) is 5.69 Å². The van der Waals surface area contributed by atoms with Gasteiger partial charge in [-0.2, -0.15) is 0 Å². The van der Waals surface area contributed by atoms with Crippen LogP contribution >= 0.6 is 0 Å². The van der Waals surface area contributed by atoms with E-state index in [1.807, 2.05) is 23.6 Å². The Bertz CT molecular complexity index is 932. The Morgan fingerprint density at radius 1 is 1.17 bits per heavy atom. The van der Waals surface area contributed by atoms with Gasteiger partial charge in [0.15, 0.2) is 17.3 Å². The highest BCUT2D eigenvalue weighted by molar-refractivity contribution is 6.05. The zero-order chi connectivity index (χ0) is 21.0. The maximum Gasteiger partial charge on any atom is 0.287 e. The number of carbonyl (C=O) groups is 3. The number of hydrogen-bond acceptors (Lipinski definition) is 5. The lowest BCUT2D eigenvalue weighted by Gasteiger charge is -2.17. The molecule has 0 saturated heterocycles. The van der Waals surface area contributed by atoms with Crippen LogP contribution in [0.5, 0.6) is 0 Å². The molecule has 0 saturated carbocycles. The lowest BCUT2D eigenvalue weighted by molar-refractivity contribution is 0.0934. The Hall–Kier alpha value is -3.00. The zero-order valence-electron chi connectivity index (χ0n) is 17.1. The summed E-state index contributed by atoms with van der Waals surface area (Å²) in [5, 5.41) is 5.68. The predicted molar refractivity (Wildman–Crippen MR) is 110 cm³/mol. The highest BCUT2D eigenvalue weighted by Gasteiger charge is 2.27. The minimum atomic E-state index is -0.372. The molecule has 0 spiro atoms. The average molecular weight is 397 g/mol. The highest BCUT2D eigenvalue weighted by atomic mass is 16.2. The van der Waals surface area contributed by atoms with Gasteiger partial charge in [0.1, 0.15) is 0 Å². The van der Waals surface area contributed by atoms with E-state index in [0.29, 0.717) is 30.8 Å². The van der Waals surface area contributed by atoms with E-state index in [2.05, 4.69) is 15.6 Å². The molecule has 1 aliphatic heterocycles. The van der Waals surface area contributed by atoms with Crippen molar-refractivity contribution in [2.75, 3.05) is 32.5 Å². The molecule has 0 bridgehead atoms. The highest BCUT2D eigenvalue weighted by Crippen LogP contribution is 2.22. The molecule has 1 aliphatic rings. The minimum Gasteiger partial charge on any atom is -0.348 e. The fourth-order valence-corrected chi connectivity index (χ4v) is 3.38. The summed E-state index contributed by atoms with van der Waals surface area (Å²) in [5.74, 6) is -0.436. The van der Waals surface area contributed by atoms with Gasteiger partial charge in [-0.15, -0.1) is 0 Å². The van der Waals surface area contributed by atoms with Crippen molar-refractivity contribution in [3.8, 4) is 0 Å². The van der Waals surface area contributed by atoms with Crippen LogP contribution in [0, 0.1) is 0 Å². The Morgan fingerprint density at radius 2 is 1.97 bits per heavy atom. The summed E-state index contributed by atoms with van der Waals surface area (Å²) in [6.45, 7) is 3.38. The van der Waals surface area contributed by atoms with Gasteiger partial charge in [-0.3, -0.25) is 14.4 Å². The second kappa shape index (κ2) is 9.00. The Labute approximate surface area is 170 Å². The molecule has 2 heterocycles. The number of anilines is 1. The number of fused-ring (bicyclic) bond motifs is 1. The van der Waals surface area contributed by atoms with Crippen LogP contribution in [0.15, 0.2) is 24.3 Å². The number of benzene rings is 1. The van der Waals surface area contributed by atoms with Crippen LogP contribution in [-0.4, -0.2) is 59.2 Å². The summed E-state index contributed by atoms with van der Waals surface area (Å²) >= 11 is 0. The van der Waals surface area contributed by atoms with Crippen molar-refractivity contribution in [3.63, 3.8) is 0 Å². The normalized spacial score (nSPS) is 13.1. The van der Waals surface area contributed by atoms with Gasteiger partial charge in [0.2, 0.25) is 0 Å². The number of ketones is 1. The maximum absolute atomic E-state index is 12.9. The first-order chi connectivity index (χ1) is 13.9. The van der Waals surface area contributed by atoms with Gasteiger partial charge in [0, 0.05) is 30.9 Å². The van der Waals surface area contributed by atoms with E-state index in [-0.39, 0.29) is 29.1 Å². The van der Waals surface area contributed by atoms with Crippen LogP contribution in [-0.2, 0) is 13.0 Å². The standard InChI is InChI=1S/C21H27N5O3/c1-14(27)15-7-6-8-16(13-15)23-20(28)18-17-9-4-5-11-26(17)19(24-18)21(29)22-10-12-25(2)3/h6-8,13H,4-5,9-12H2,1-3H3,(H,22,29)(H,23,28). The van der Waals surface area contributed by atoms with Crippen molar-refractivity contribution in [1.29, 1.82) is 0 Å². The SMILES string of the molecule is CC(=O)c1cccc(NC(=O)c2nc(C(=O)NCCN(C)C)n3c2CCCC3)c1. The van der Waals surface area contributed by atoms with E-state index in [1.165, 1.54) is 6.92 Å². The molecule has 8 heteroatoms. The Kier molecular flexibility index (Phi) is 6.43. The molecule has 8 nitrogen and oxygen atoms in total. The average Bonchev–Trinajstić information content (AvgIpc) is 3.08. The molecule has 2 amide bonds. The van der Waals surface area contributed by atoms with Gasteiger partial charge >= 0.3 is 0 Å². The van der Waals surface area contributed by atoms with Crippen LogP contribution in [0.25, 0.3) is 0 Å². The van der Waals surface area contributed by atoms with Crippen molar-refractivity contribution in [1.82, 2.24) is 19.8 Å². The number of hydrogen-bond donors (Lipinski definition) is 2. The molecule has 0 aliphatic carbocycles. The van der Waals surface area contributed by atoms with Crippen LogP contribution in [0.2, 0.25) is 0 Å². The minimum absolute atomic E-state index is 0.0721. The fraction of sp³-hybridized carbons (Fsp3) is 0.429. The number of nitrogens with one attached hydrogen (secondary N) is 2. The molecule has 2 aromatic rings. The first-order valence-corrected chi connectivity index (χ1v) is 9.81. The first kappa shape index (κ1) is 20.7. The molecule has 3 rings (SSSR count). The third-order valence-corrected chi connectivity index (χ3v) is 4.91. The van der Waals surface area contributed by atoms with Gasteiger partial charge in [-0.05, 0) is 52.4 Å². The third kappa shape index (κ3) is 4.89. The number of nitrogens with zero attached hydrogens (tertiary/aromatic N) is 3. The predicted octanol–water partition coefficient (Wildman–Crippen LogP) is 1.97. The molecule has 0 atom stereocenters. The van der Waals surface area contributed by atoms with Gasteiger partial charge < -0.3 is 20.1 Å². The van der Waals surface area contributed by atoms with Crippen LogP contribution in [0.1, 0.15) is 56.9 Å². The topological polar surface area (TPSA) is 96.3 Å². The maximum atomic E-state index is 12.9. The summed E-state index contributed by atoms with van der Waals surface area (Å²) in [7, 11) is 3.88. The number of rotatable bonds is 7. The van der Waals surface area contributed by atoms with Crippen molar-refractivity contribution in [2.24, 2.45) is 0 Å². The van der Waals surface area contributed by atoms with Gasteiger partial charge in [0.25, 0.3) is 11.8 Å². The van der Waals surface area contributed by atoms with Crippen LogP contribution in [0.4, 0.5) is 5.69 Å². The van der Waals surface area contributed by atoms with Crippen molar-refractivity contribution in [2.45, 2.75) is 32.7 Å². The molecule has 154 valence electrons. The van der Waals surface area contributed by atoms with E-state index in [0.717, 1.165) is 25.1 Å². The second-order valence-electron chi connectivity index (χ2n) is 7.49. The fourth-order valence-electron chi connectivity index (χ4n) is 3.38. The second-order valence-corrected chi connectivity index (χ2v) is 7.49. The molecular formula is C21H27N5O3. The smallest absolute Gasteiger partial charge is 0.287 e. The lowest BCUT2D eigenvalue weighted by Crippen LogP contribution is -2.33. The number of Topliss-reactive ketones (excluding diaryl/α,β-unsaturated/α-hetero) is 1. The van der Waals surface area contributed by atoms with E-state index in [9.17, 15) is 14.4 Å². The third-order valence-electron chi connectivity index (χ3n) is 4.91. The first-order valence-electron chi connectivity index (χ1n) is 9.81. The molecule has 0 unspecified atom stereocenters. The van der Waals surface area contributed by atoms with E-state index in [1.54, 1.807) is 24.3 Å². The molecule has 29 heavy (non-hydrogen) atoms. The Morgan fingerprint density at radius 3 is 2.69 bits per heavy atom. The quantitative estimate of drug-likeness (QED) is 0.697. The summed E-state index contributed by atoms with van der Waals surface area (Å²) in [6.07, 6.45) is 2.60. The molecule has 0 fully saturated rings. The van der Waals surface area contributed by atoms with E-state index in [4.69, 9.17) is 0 Å². The Balaban J connectivity index is 1.82. The molecule has 1 aromatic heterocycles. The molecule has 1 aromatic carbocycles. The van der Waals surface area contributed by atoms with Gasteiger partial charge in [-0.25, -0.2) is 4.98 Å². The van der Waals surface area contributed by atoms with E-state index < -0.39 is 0 Å². The summed E-state index contributed by atoms with van der Waals surface area (Å²) < 4.78 is 1.86. The molecule has 2 N–H and O–H groups in total. The largest absolute Gasteiger partial charge is 0.348 e. The molecule has 0 radical (unpaired) electrons.